The molecule has 1 aliphatic heterocycles. The van der Waals surface area contributed by atoms with Crippen molar-refractivity contribution in [1.82, 2.24) is 5.32 Å². The summed E-state index contributed by atoms with van der Waals surface area (Å²) in [4.78, 5) is 40.9. The molecule has 1 heterocycles. The van der Waals surface area contributed by atoms with Gasteiger partial charge in [0.05, 0.1) is 17.8 Å². The lowest BCUT2D eigenvalue weighted by molar-refractivity contribution is -0.139. The zero-order valence-corrected chi connectivity index (χ0v) is 19.1. The number of alkyl halides is 3. The molecule has 0 aromatic heterocycles. The summed E-state index contributed by atoms with van der Waals surface area (Å²) in [6, 6.07) is 7.91. The van der Waals surface area contributed by atoms with Gasteiger partial charge in [-0.15, -0.1) is 0 Å². The molecule has 0 saturated heterocycles. The van der Waals surface area contributed by atoms with Gasteiger partial charge >= 0.3 is 6.18 Å². The van der Waals surface area contributed by atoms with E-state index in [1.165, 1.54) is 41.3 Å². The molecule has 1 aliphatic rings. The Morgan fingerprint density at radius 2 is 1.61 bits per heavy atom. The molecule has 1 unspecified atom stereocenters. The Morgan fingerprint density at radius 1 is 1.03 bits per heavy atom. The SMILES string of the molecule is CC(C)N1C(=O)C(NC(=O)Cc2cc(Cl)cc(Cl)c2)C(=O)N(CC(F)(F)F)c2ccccc21. The molecule has 0 fully saturated rings. The van der Waals surface area contributed by atoms with Crippen LogP contribution in [0.4, 0.5) is 24.5 Å². The van der Waals surface area contributed by atoms with Crippen LogP contribution in [0.15, 0.2) is 42.5 Å². The first-order valence-corrected chi connectivity index (χ1v) is 10.7. The number of rotatable bonds is 5. The maximum absolute atomic E-state index is 13.3. The zero-order chi connectivity index (χ0) is 24.5. The number of benzene rings is 2. The van der Waals surface area contributed by atoms with Crippen LogP contribution in [0.3, 0.4) is 0 Å². The lowest BCUT2D eigenvalue weighted by Gasteiger charge is -2.28. The number of amides is 3. The molecule has 1 N–H and O–H groups in total. The molecule has 2 aromatic rings. The first kappa shape index (κ1) is 24.9. The third-order valence-corrected chi connectivity index (χ3v) is 5.31. The van der Waals surface area contributed by atoms with Crippen molar-refractivity contribution in [1.29, 1.82) is 0 Å². The van der Waals surface area contributed by atoms with Crippen molar-refractivity contribution in [3.05, 3.63) is 58.1 Å². The zero-order valence-electron chi connectivity index (χ0n) is 17.6. The van der Waals surface area contributed by atoms with Gasteiger partial charge in [-0.2, -0.15) is 13.2 Å². The monoisotopic (exact) mass is 501 g/mol. The summed E-state index contributed by atoms with van der Waals surface area (Å²) >= 11 is 11.9. The number of para-hydroxylation sites is 2. The number of carbonyl (C=O) groups excluding carboxylic acids is 3. The number of nitrogens with zero attached hydrogens (tertiary/aromatic N) is 2. The van der Waals surface area contributed by atoms with E-state index in [2.05, 4.69) is 5.32 Å². The summed E-state index contributed by atoms with van der Waals surface area (Å²) in [5.41, 5.74) is 0.489. The van der Waals surface area contributed by atoms with Crippen LogP contribution in [-0.4, -0.2) is 42.5 Å². The van der Waals surface area contributed by atoms with Crippen molar-refractivity contribution in [2.24, 2.45) is 0 Å². The Labute approximate surface area is 198 Å². The third kappa shape index (κ3) is 5.78. The fourth-order valence-corrected chi connectivity index (χ4v) is 4.21. The molecule has 2 aromatic carbocycles. The summed E-state index contributed by atoms with van der Waals surface area (Å²) in [5.74, 6) is -2.75. The van der Waals surface area contributed by atoms with Gasteiger partial charge in [-0.05, 0) is 49.7 Å². The lowest BCUT2D eigenvalue weighted by atomic mass is 10.1. The predicted octanol–water partition coefficient (Wildman–Crippen LogP) is 4.37. The van der Waals surface area contributed by atoms with Gasteiger partial charge in [-0.25, -0.2) is 0 Å². The van der Waals surface area contributed by atoms with Crippen LogP contribution in [0.25, 0.3) is 0 Å². The minimum atomic E-state index is -4.73. The van der Waals surface area contributed by atoms with Gasteiger partial charge in [0.25, 0.3) is 11.8 Å². The van der Waals surface area contributed by atoms with E-state index in [4.69, 9.17) is 23.2 Å². The maximum atomic E-state index is 13.3. The first-order chi connectivity index (χ1) is 15.4. The molecule has 0 bridgehead atoms. The molecule has 0 saturated carbocycles. The average Bonchev–Trinajstić information content (AvgIpc) is 2.75. The topological polar surface area (TPSA) is 69.7 Å². The second-order valence-corrected chi connectivity index (χ2v) is 8.66. The molecule has 0 spiro atoms. The van der Waals surface area contributed by atoms with Crippen LogP contribution in [-0.2, 0) is 20.8 Å². The molecule has 3 amide bonds. The molecule has 6 nitrogen and oxygen atoms in total. The summed E-state index contributed by atoms with van der Waals surface area (Å²) in [7, 11) is 0. The number of halogens is 5. The summed E-state index contributed by atoms with van der Waals surface area (Å²) in [6.45, 7) is 1.70. The number of hydrogen-bond acceptors (Lipinski definition) is 3. The standard InChI is InChI=1S/C22H20Cl2F3N3O3/c1-12(2)30-17-6-4-3-5-16(17)29(11-22(25,26)27)20(32)19(21(30)33)28-18(31)9-13-7-14(23)10-15(24)8-13/h3-8,10,12,19H,9,11H2,1-2H3,(H,28,31). The van der Waals surface area contributed by atoms with Crippen LogP contribution in [0.5, 0.6) is 0 Å². The average molecular weight is 502 g/mol. The molecule has 0 aliphatic carbocycles. The molecule has 11 heteroatoms. The maximum Gasteiger partial charge on any atom is 0.406 e. The van der Waals surface area contributed by atoms with E-state index in [0.29, 0.717) is 10.5 Å². The number of anilines is 2. The Morgan fingerprint density at radius 3 is 2.15 bits per heavy atom. The van der Waals surface area contributed by atoms with Gasteiger partial charge in [-0.3, -0.25) is 19.3 Å². The van der Waals surface area contributed by atoms with Crippen LogP contribution >= 0.6 is 23.2 Å². The van der Waals surface area contributed by atoms with Crippen molar-refractivity contribution in [2.45, 2.75) is 38.5 Å². The first-order valence-electron chi connectivity index (χ1n) is 9.92. The fraction of sp³-hybridized carbons (Fsp3) is 0.318. The van der Waals surface area contributed by atoms with Gasteiger partial charge in [0, 0.05) is 16.1 Å². The highest BCUT2D eigenvalue weighted by molar-refractivity contribution is 6.34. The van der Waals surface area contributed by atoms with E-state index >= 15 is 0 Å². The van der Waals surface area contributed by atoms with Gasteiger partial charge < -0.3 is 10.2 Å². The molecule has 3 rings (SSSR count). The van der Waals surface area contributed by atoms with Crippen molar-refractivity contribution in [3.63, 3.8) is 0 Å². The van der Waals surface area contributed by atoms with Crippen molar-refractivity contribution < 1.29 is 27.6 Å². The fourth-order valence-electron chi connectivity index (χ4n) is 3.64. The molecule has 1 atom stereocenters. The molecule has 176 valence electrons. The Kier molecular flexibility index (Phi) is 7.23. The molecule has 33 heavy (non-hydrogen) atoms. The van der Waals surface area contributed by atoms with Crippen molar-refractivity contribution >= 4 is 52.3 Å². The minimum Gasteiger partial charge on any atom is -0.336 e. The number of carbonyl (C=O) groups is 3. The van der Waals surface area contributed by atoms with Crippen LogP contribution < -0.4 is 15.1 Å². The summed E-state index contributed by atoms with van der Waals surface area (Å²) in [6.07, 6.45) is -5.02. The highest BCUT2D eigenvalue weighted by Crippen LogP contribution is 2.36. The Hall–Kier alpha value is -2.78. The van der Waals surface area contributed by atoms with E-state index in [1.807, 2.05) is 0 Å². The van der Waals surface area contributed by atoms with Crippen LogP contribution in [0.2, 0.25) is 10.0 Å². The van der Waals surface area contributed by atoms with Crippen LogP contribution in [0, 0.1) is 0 Å². The van der Waals surface area contributed by atoms with E-state index in [9.17, 15) is 27.6 Å². The van der Waals surface area contributed by atoms with Crippen LogP contribution in [0.1, 0.15) is 19.4 Å². The number of nitrogens with one attached hydrogen (secondary N) is 1. The second-order valence-electron chi connectivity index (χ2n) is 7.79. The van der Waals surface area contributed by atoms with E-state index in [1.54, 1.807) is 19.9 Å². The lowest BCUT2D eigenvalue weighted by Crippen LogP contribution is -2.57. The minimum absolute atomic E-state index is 0.0692. The normalized spacial score (nSPS) is 16.7. The third-order valence-electron chi connectivity index (χ3n) is 4.88. The van der Waals surface area contributed by atoms with Gasteiger partial charge in [0.1, 0.15) is 6.54 Å². The van der Waals surface area contributed by atoms with E-state index < -0.39 is 42.5 Å². The van der Waals surface area contributed by atoms with Gasteiger partial charge in [-0.1, -0.05) is 35.3 Å². The highest BCUT2D eigenvalue weighted by Gasteiger charge is 2.45. The Balaban J connectivity index is 1.99. The quantitative estimate of drug-likeness (QED) is 0.618. The van der Waals surface area contributed by atoms with Gasteiger partial charge in [0.2, 0.25) is 5.91 Å². The molecule has 0 radical (unpaired) electrons. The Bertz CT molecular complexity index is 1070. The summed E-state index contributed by atoms with van der Waals surface area (Å²) < 4.78 is 40.0. The molecular formula is C22H20Cl2F3N3O3. The predicted molar refractivity (Wildman–Crippen MR) is 120 cm³/mol. The molecular weight excluding hydrogens is 482 g/mol. The van der Waals surface area contributed by atoms with E-state index in [0.717, 1.165) is 0 Å². The van der Waals surface area contributed by atoms with Crippen molar-refractivity contribution in [3.8, 4) is 0 Å². The highest BCUT2D eigenvalue weighted by atomic mass is 35.5. The van der Waals surface area contributed by atoms with Gasteiger partial charge in [0.15, 0.2) is 6.04 Å². The van der Waals surface area contributed by atoms with Crippen molar-refractivity contribution in [2.75, 3.05) is 16.3 Å². The smallest absolute Gasteiger partial charge is 0.336 e. The second kappa shape index (κ2) is 9.61. The largest absolute Gasteiger partial charge is 0.406 e. The number of hydrogen-bond donors (Lipinski definition) is 1. The van der Waals surface area contributed by atoms with E-state index in [-0.39, 0.29) is 27.8 Å². The number of fused-ring (bicyclic) bond motifs is 1. The summed E-state index contributed by atoms with van der Waals surface area (Å²) in [5, 5.41) is 2.87.